The van der Waals surface area contributed by atoms with Crippen LogP contribution in [0.5, 0.6) is 5.75 Å². The summed E-state index contributed by atoms with van der Waals surface area (Å²) in [4.78, 5) is 24.2. The molecule has 0 heterocycles. The molecule has 0 saturated carbocycles. The van der Waals surface area contributed by atoms with Gasteiger partial charge in [-0.05, 0) is 55.2 Å². The Hall–Kier alpha value is -2.62. The highest BCUT2D eigenvalue weighted by Crippen LogP contribution is 2.23. The molecule has 0 N–H and O–H groups in total. The fourth-order valence-corrected chi connectivity index (χ4v) is 2.24. The van der Waals surface area contributed by atoms with E-state index < -0.39 is 11.9 Å². The van der Waals surface area contributed by atoms with Crippen molar-refractivity contribution in [2.45, 2.75) is 46.1 Å². The minimum atomic E-state index is -0.463. The van der Waals surface area contributed by atoms with Gasteiger partial charge in [0.15, 0.2) is 0 Å². The molecule has 0 aromatic heterocycles. The Morgan fingerprint density at radius 3 is 2.08 bits per heavy atom. The smallest absolute Gasteiger partial charge is 0.343 e. The second-order valence-corrected chi connectivity index (χ2v) is 7.20. The predicted octanol–water partition coefficient (Wildman–Crippen LogP) is 4.77. The zero-order chi connectivity index (χ0) is 18.6. The molecule has 0 aliphatic rings. The zero-order valence-corrected chi connectivity index (χ0v) is 15.3. The lowest BCUT2D eigenvalue weighted by Gasteiger charge is -2.18. The van der Waals surface area contributed by atoms with Gasteiger partial charge in [-0.2, -0.15) is 0 Å². The van der Waals surface area contributed by atoms with Crippen LogP contribution in [-0.2, 0) is 10.2 Å². The monoisotopic (exact) mass is 340 g/mol. The Morgan fingerprint density at radius 2 is 1.52 bits per heavy atom. The van der Waals surface area contributed by atoms with Gasteiger partial charge in [0.1, 0.15) is 5.75 Å². The number of ether oxygens (including phenoxy) is 2. The van der Waals surface area contributed by atoms with Gasteiger partial charge in [-0.25, -0.2) is 9.59 Å². The van der Waals surface area contributed by atoms with Crippen LogP contribution in [-0.4, -0.2) is 18.0 Å². The first kappa shape index (κ1) is 18.7. The highest BCUT2D eigenvalue weighted by molar-refractivity contribution is 5.92. The summed E-state index contributed by atoms with van der Waals surface area (Å²) in [6.45, 7) is 9.90. The summed E-state index contributed by atoms with van der Waals surface area (Å²) in [5.74, 6) is -0.597. The SMILES string of the molecule is CC(C)OC(=O)c1cccc(OC(=O)c2ccc(C(C)(C)C)cc2)c1. The molecule has 0 aliphatic carbocycles. The van der Waals surface area contributed by atoms with Gasteiger partial charge in [-0.3, -0.25) is 0 Å². The van der Waals surface area contributed by atoms with Crippen LogP contribution in [0.2, 0.25) is 0 Å². The Morgan fingerprint density at radius 1 is 0.880 bits per heavy atom. The number of hydrogen-bond donors (Lipinski definition) is 0. The van der Waals surface area contributed by atoms with Crippen LogP contribution in [0.3, 0.4) is 0 Å². The summed E-state index contributed by atoms with van der Waals surface area (Å²) in [7, 11) is 0. The van der Waals surface area contributed by atoms with Crippen LogP contribution in [0.4, 0.5) is 0 Å². The molecule has 2 aromatic rings. The average molecular weight is 340 g/mol. The maximum atomic E-state index is 12.3. The molecule has 0 spiro atoms. The molecular weight excluding hydrogens is 316 g/mol. The van der Waals surface area contributed by atoms with E-state index >= 15 is 0 Å². The second kappa shape index (κ2) is 7.51. The molecule has 2 aromatic carbocycles. The molecule has 0 fully saturated rings. The summed E-state index contributed by atoms with van der Waals surface area (Å²) in [5, 5.41) is 0. The summed E-state index contributed by atoms with van der Waals surface area (Å²) in [6.07, 6.45) is -0.208. The van der Waals surface area contributed by atoms with Crippen LogP contribution in [0.15, 0.2) is 48.5 Å². The van der Waals surface area contributed by atoms with Crippen molar-refractivity contribution < 1.29 is 19.1 Å². The number of carbonyl (C=O) groups is 2. The highest BCUT2D eigenvalue weighted by atomic mass is 16.5. The number of carbonyl (C=O) groups excluding carboxylic acids is 2. The quantitative estimate of drug-likeness (QED) is 0.594. The molecule has 0 bridgehead atoms. The normalized spacial score (nSPS) is 11.3. The van der Waals surface area contributed by atoms with Gasteiger partial charge in [0, 0.05) is 0 Å². The third kappa shape index (κ3) is 5.18. The highest BCUT2D eigenvalue weighted by Gasteiger charge is 2.16. The van der Waals surface area contributed by atoms with E-state index in [9.17, 15) is 9.59 Å². The van der Waals surface area contributed by atoms with E-state index in [4.69, 9.17) is 9.47 Å². The zero-order valence-electron chi connectivity index (χ0n) is 15.3. The van der Waals surface area contributed by atoms with E-state index in [0.29, 0.717) is 16.9 Å². The molecular formula is C21H24O4. The first-order valence-corrected chi connectivity index (χ1v) is 8.30. The molecule has 4 heteroatoms. The number of hydrogen-bond acceptors (Lipinski definition) is 4. The predicted molar refractivity (Wildman–Crippen MR) is 97.1 cm³/mol. The maximum absolute atomic E-state index is 12.3. The summed E-state index contributed by atoms with van der Waals surface area (Å²) in [5.41, 5.74) is 1.97. The molecule has 132 valence electrons. The van der Waals surface area contributed by atoms with Crippen molar-refractivity contribution in [3.05, 3.63) is 65.2 Å². The van der Waals surface area contributed by atoms with Gasteiger partial charge in [0.2, 0.25) is 0 Å². The Labute approximate surface area is 148 Å². The van der Waals surface area contributed by atoms with Crippen molar-refractivity contribution in [3.8, 4) is 5.75 Å². The van der Waals surface area contributed by atoms with E-state index in [1.807, 2.05) is 12.1 Å². The summed E-state index contributed by atoms with van der Waals surface area (Å²) < 4.78 is 10.5. The largest absolute Gasteiger partial charge is 0.459 e. The van der Waals surface area contributed by atoms with E-state index in [1.165, 1.54) is 6.07 Å². The van der Waals surface area contributed by atoms with Crippen LogP contribution in [0.1, 0.15) is 60.9 Å². The van der Waals surface area contributed by atoms with Crippen molar-refractivity contribution in [1.29, 1.82) is 0 Å². The fourth-order valence-electron chi connectivity index (χ4n) is 2.24. The molecule has 0 radical (unpaired) electrons. The topological polar surface area (TPSA) is 52.6 Å². The van der Waals surface area contributed by atoms with Crippen LogP contribution >= 0.6 is 0 Å². The average Bonchev–Trinajstić information content (AvgIpc) is 2.54. The molecule has 0 unspecified atom stereocenters. The number of rotatable bonds is 4. The van der Waals surface area contributed by atoms with Crippen molar-refractivity contribution in [1.82, 2.24) is 0 Å². The molecule has 0 atom stereocenters. The molecule has 4 nitrogen and oxygen atoms in total. The van der Waals surface area contributed by atoms with Crippen LogP contribution < -0.4 is 4.74 Å². The van der Waals surface area contributed by atoms with Crippen molar-refractivity contribution in [2.75, 3.05) is 0 Å². The molecule has 0 saturated heterocycles. The van der Waals surface area contributed by atoms with Gasteiger partial charge in [-0.15, -0.1) is 0 Å². The fraction of sp³-hybridized carbons (Fsp3) is 0.333. The molecule has 0 amide bonds. The van der Waals surface area contributed by atoms with E-state index in [2.05, 4.69) is 20.8 Å². The van der Waals surface area contributed by atoms with Gasteiger partial charge >= 0.3 is 11.9 Å². The lowest BCUT2D eigenvalue weighted by molar-refractivity contribution is 0.0376. The van der Waals surface area contributed by atoms with Crippen molar-refractivity contribution >= 4 is 11.9 Å². The minimum absolute atomic E-state index is 0.0214. The van der Waals surface area contributed by atoms with Gasteiger partial charge in [-0.1, -0.05) is 39.0 Å². The van der Waals surface area contributed by atoms with E-state index in [1.54, 1.807) is 44.2 Å². The number of benzene rings is 2. The van der Waals surface area contributed by atoms with E-state index in [0.717, 1.165) is 5.56 Å². The molecule has 2 rings (SSSR count). The standard InChI is InChI=1S/C21H24O4/c1-14(2)24-20(23)16-7-6-8-18(13-16)25-19(22)15-9-11-17(12-10-15)21(3,4)5/h6-14H,1-5H3. The molecule has 0 aliphatic heterocycles. The molecule has 25 heavy (non-hydrogen) atoms. The van der Waals surface area contributed by atoms with Crippen molar-refractivity contribution in [3.63, 3.8) is 0 Å². The minimum Gasteiger partial charge on any atom is -0.459 e. The third-order valence-electron chi connectivity index (χ3n) is 3.61. The first-order valence-electron chi connectivity index (χ1n) is 8.30. The Bertz CT molecular complexity index is 752. The Kier molecular flexibility index (Phi) is 5.62. The van der Waals surface area contributed by atoms with Gasteiger partial charge < -0.3 is 9.47 Å². The maximum Gasteiger partial charge on any atom is 0.343 e. The lowest BCUT2D eigenvalue weighted by Crippen LogP contribution is -2.13. The van der Waals surface area contributed by atoms with Crippen LogP contribution in [0.25, 0.3) is 0 Å². The Balaban J connectivity index is 2.11. The first-order chi connectivity index (χ1) is 11.7. The van der Waals surface area contributed by atoms with Crippen molar-refractivity contribution in [2.24, 2.45) is 0 Å². The van der Waals surface area contributed by atoms with Gasteiger partial charge in [0.05, 0.1) is 17.2 Å². The third-order valence-corrected chi connectivity index (χ3v) is 3.61. The van der Waals surface area contributed by atoms with E-state index in [-0.39, 0.29) is 11.5 Å². The summed E-state index contributed by atoms with van der Waals surface area (Å²) in [6, 6.07) is 13.8. The number of esters is 2. The summed E-state index contributed by atoms with van der Waals surface area (Å²) >= 11 is 0. The van der Waals surface area contributed by atoms with Gasteiger partial charge in [0.25, 0.3) is 0 Å². The van der Waals surface area contributed by atoms with Crippen LogP contribution in [0, 0.1) is 0 Å². The lowest BCUT2D eigenvalue weighted by atomic mass is 9.87. The second-order valence-electron chi connectivity index (χ2n) is 7.20.